The fourth-order valence-corrected chi connectivity index (χ4v) is 1.97. The molecule has 0 aliphatic carbocycles. The molecule has 0 bridgehead atoms. The number of hydrogen-bond donors (Lipinski definition) is 0. The molecule has 2 aromatic carbocycles. The van der Waals surface area contributed by atoms with E-state index in [-0.39, 0.29) is 18.2 Å². The highest BCUT2D eigenvalue weighted by Crippen LogP contribution is 2.15. The van der Waals surface area contributed by atoms with Crippen molar-refractivity contribution in [2.24, 2.45) is 0 Å². The number of Topliss-reactive ketones (excluding diaryl/α,β-unsaturated/α-hetero) is 1. The molecule has 2 aromatic rings. The van der Waals surface area contributed by atoms with Gasteiger partial charge >= 0.3 is 0 Å². The van der Waals surface area contributed by atoms with Crippen molar-refractivity contribution in [1.29, 1.82) is 0 Å². The second kappa shape index (κ2) is 7.39. The highest BCUT2D eigenvalue weighted by atomic mass is 16.5. The van der Waals surface area contributed by atoms with E-state index in [2.05, 4.69) is 0 Å². The molecule has 0 N–H and O–H groups in total. The summed E-state index contributed by atoms with van der Waals surface area (Å²) < 4.78 is 5.40. The minimum Gasteiger partial charge on any atom is -0.486 e. The lowest BCUT2D eigenvalue weighted by Gasteiger charge is -2.06. The molecule has 0 aliphatic rings. The van der Waals surface area contributed by atoms with Gasteiger partial charge in [-0.3, -0.25) is 9.59 Å². The Balaban J connectivity index is 1.99. The number of ketones is 2. The number of rotatable bonds is 7. The number of carbonyl (C=O) groups excluding carboxylic acids is 2. The zero-order chi connectivity index (χ0) is 15.1. The number of carbonyl (C=O) groups is 2. The third-order valence-corrected chi connectivity index (χ3v) is 3.08. The van der Waals surface area contributed by atoms with E-state index in [4.69, 9.17) is 4.74 Å². The van der Waals surface area contributed by atoms with E-state index < -0.39 is 0 Å². The summed E-state index contributed by atoms with van der Waals surface area (Å²) in [4.78, 5) is 23.6. The Hall–Kier alpha value is -2.42. The van der Waals surface area contributed by atoms with Crippen molar-refractivity contribution in [3.05, 3.63) is 65.7 Å². The van der Waals surface area contributed by atoms with Gasteiger partial charge in [-0.2, -0.15) is 0 Å². The van der Waals surface area contributed by atoms with Crippen molar-refractivity contribution < 1.29 is 14.3 Å². The molecule has 0 fully saturated rings. The van der Waals surface area contributed by atoms with Crippen molar-refractivity contribution >= 4 is 11.6 Å². The lowest BCUT2D eigenvalue weighted by atomic mass is 10.0. The number of benzene rings is 2. The van der Waals surface area contributed by atoms with Crippen LogP contribution in [0.15, 0.2) is 54.6 Å². The van der Waals surface area contributed by atoms with E-state index in [0.717, 1.165) is 6.42 Å². The van der Waals surface area contributed by atoms with E-state index in [1.165, 1.54) is 0 Å². The second-order valence-electron chi connectivity index (χ2n) is 4.80. The zero-order valence-corrected chi connectivity index (χ0v) is 12.0. The number of ether oxygens (including phenoxy) is 1. The van der Waals surface area contributed by atoms with Crippen LogP contribution < -0.4 is 4.74 Å². The predicted octanol–water partition coefficient (Wildman–Crippen LogP) is 3.67. The lowest BCUT2D eigenvalue weighted by molar-refractivity contribution is -0.121. The van der Waals surface area contributed by atoms with Gasteiger partial charge in [0.1, 0.15) is 12.4 Å². The van der Waals surface area contributed by atoms with Gasteiger partial charge in [-0.25, -0.2) is 0 Å². The quantitative estimate of drug-likeness (QED) is 0.728. The first-order chi connectivity index (χ1) is 10.2. The molecule has 0 saturated carbocycles. The zero-order valence-electron chi connectivity index (χ0n) is 12.0. The van der Waals surface area contributed by atoms with Gasteiger partial charge in [0, 0.05) is 17.5 Å². The van der Waals surface area contributed by atoms with Crippen LogP contribution in [0.4, 0.5) is 0 Å². The van der Waals surface area contributed by atoms with E-state index >= 15 is 0 Å². The highest BCUT2D eigenvalue weighted by Gasteiger charge is 2.08. The van der Waals surface area contributed by atoms with Gasteiger partial charge in [0.2, 0.25) is 0 Å². The van der Waals surface area contributed by atoms with Gasteiger partial charge in [-0.15, -0.1) is 0 Å². The van der Waals surface area contributed by atoms with Crippen molar-refractivity contribution in [1.82, 2.24) is 0 Å². The Bertz CT molecular complexity index is 600. The Morgan fingerprint density at radius 3 is 2.14 bits per heavy atom. The summed E-state index contributed by atoms with van der Waals surface area (Å²) in [6, 6.07) is 16.0. The molecule has 108 valence electrons. The Morgan fingerprint density at radius 1 is 0.905 bits per heavy atom. The SMILES string of the molecule is CCCC(=O)COc1ccc(C(=O)c2ccccc2)cc1. The van der Waals surface area contributed by atoms with Crippen LogP contribution in [0.1, 0.15) is 35.7 Å². The van der Waals surface area contributed by atoms with E-state index in [1.54, 1.807) is 36.4 Å². The first-order valence-electron chi connectivity index (χ1n) is 7.05. The normalized spacial score (nSPS) is 10.1. The minimum atomic E-state index is -0.0239. The molecule has 0 heterocycles. The molecule has 2 rings (SSSR count). The van der Waals surface area contributed by atoms with Gasteiger partial charge in [0.15, 0.2) is 11.6 Å². The van der Waals surface area contributed by atoms with Gasteiger partial charge in [0.05, 0.1) is 0 Å². The summed E-state index contributed by atoms with van der Waals surface area (Å²) in [5.41, 5.74) is 1.26. The van der Waals surface area contributed by atoms with Crippen LogP contribution in [-0.2, 0) is 4.79 Å². The Kier molecular flexibility index (Phi) is 5.27. The summed E-state index contributed by atoms with van der Waals surface area (Å²) in [6.45, 7) is 2.04. The largest absolute Gasteiger partial charge is 0.486 e. The summed E-state index contributed by atoms with van der Waals surface area (Å²) in [5, 5.41) is 0. The first kappa shape index (κ1) is 15.0. The molecule has 0 amide bonds. The average molecular weight is 282 g/mol. The molecule has 3 heteroatoms. The van der Waals surface area contributed by atoms with Gasteiger partial charge in [0.25, 0.3) is 0 Å². The molecule has 0 radical (unpaired) electrons. The minimum absolute atomic E-state index is 0.0239. The highest BCUT2D eigenvalue weighted by molar-refractivity contribution is 6.08. The predicted molar refractivity (Wildman–Crippen MR) is 81.7 cm³/mol. The maximum atomic E-state index is 12.2. The fourth-order valence-electron chi connectivity index (χ4n) is 1.97. The summed E-state index contributed by atoms with van der Waals surface area (Å²) in [6.07, 6.45) is 1.36. The molecular formula is C18H18O3. The summed E-state index contributed by atoms with van der Waals surface area (Å²) >= 11 is 0. The Morgan fingerprint density at radius 2 is 1.52 bits per heavy atom. The van der Waals surface area contributed by atoms with Crippen LogP contribution in [0.5, 0.6) is 5.75 Å². The molecule has 0 unspecified atom stereocenters. The molecule has 0 aliphatic heterocycles. The average Bonchev–Trinajstić information content (AvgIpc) is 2.54. The van der Waals surface area contributed by atoms with Crippen LogP contribution in [0.2, 0.25) is 0 Å². The lowest BCUT2D eigenvalue weighted by Crippen LogP contribution is -2.10. The third kappa shape index (κ3) is 4.28. The molecular weight excluding hydrogens is 264 g/mol. The smallest absolute Gasteiger partial charge is 0.193 e. The topological polar surface area (TPSA) is 43.4 Å². The van der Waals surface area contributed by atoms with Crippen LogP contribution in [-0.4, -0.2) is 18.2 Å². The Labute approximate surface area is 124 Å². The molecule has 0 atom stereocenters. The molecule has 0 saturated heterocycles. The van der Waals surface area contributed by atoms with Gasteiger partial charge in [-0.05, 0) is 30.7 Å². The van der Waals surface area contributed by atoms with Gasteiger partial charge in [-0.1, -0.05) is 37.3 Å². The van der Waals surface area contributed by atoms with Crippen LogP contribution in [0.25, 0.3) is 0 Å². The van der Waals surface area contributed by atoms with Crippen LogP contribution in [0.3, 0.4) is 0 Å². The molecule has 0 spiro atoms. The van der Waals surface area contributed by atoms with Crippen molar-refractivity contribution in [3.8, 4) is 5.75 Å². The van der Waals surface area contributed by atoms with Crippen LogP contribution in [0, 0.1) is 0 Å². The van der Waals surface area contributed by atoms with Crippen molar-refractivity contribution in [2.75, 3.05) is 6.61 Å². The fraction of sp³-hybridized carbons (Fsp3) is 0.222. The second-order valence-corrected chi connectivity index (χ2v) is 4.80. The number of hydrogen-bond acceptors (Lipinski definition) is 3. The van der Waals surface area contributed by atoms with Crippen LogP contribution >= 0.6 is 0 Å². The molecule has 3 nitrogen and oxygen atoms in total. The summed E-state index contributed by atoms with van der Waals surface area (Å²) in [5.74, 6) is 0.662. The standard InChI is InChI=1S/C18H18O3/c1-2-6-16(19)13-21-17-11-9-15(10-12-17)18(20)14-7-4-3-5-8-14/h3-5,7-12H,2,6,13H2,1H3. The summed E-state index contributed by atoms with van der Waals surface area (Å²) in [7, 11) is 0. The van der Waals surface area contributed by atoms with E-state index in [9.17, 15) is 9.59 Å². The van der Waals surface area contributed by atoms with E-state index in [1.807, 2.05) is 25.1 Å². The molecule has 0 aromatic heterocycles. The van der Waals surface area contributed by atoms with E-state index in [0.29, 0.717) is 23.3 Å². The third-order valence-electron chi connectivity index (χ3n) is 3.08. The maximum absolute atomic E-state index is 12.2. The van der Waals surface area contributed by atoms with Gasteiger partial charge < -0.3 is 4.74 Å². The monoisotopic (exact) mass is 282 g/mol. The first-order valence-corrected chi connectivity index (χ1v) is 7.05. The van der Waals surface area contributed by atoms with Crippen molar-refractivity contribution in [3.63, 3.8) is 0 Å². The molecule has 21 heavy (non-hydrogen) atoms. The van der Waals surface area contributed by atoms with Crippen molar-refractivity contribution in [2.45, 2.75) is 19.8 Å². The maximum Gasteiger partial charge on any atom is 0.193 e.